The molecule has 0 aromatic carbocycles. The molecule has 0 unspecified atom stereocenters. The molecule has 52 valence electrons. The van der Waals surface area contributed by atoms with Gasteiger partial charge in [0.2, 0.25) is 0 Å². The lowest BCUT2D eigenvalue weighted by molar-refractivity contribution is -0.140. The molecule has 0 aliphatic carbocycles. The highest BCUT2D eigenvalue weighted by Crippen LogP contribution is 2.24. The summed E-state index contributed by atoms with van der Waals surface area (Å²) in [5, 5.41) is 0. The summed E-state index contributed by atoms with van der Waals surface area (Å²) < 4.78 is 9.42. The number of epoxide rings is 1. The van der Waals surface area contributed by atoms with Gasteiger partial charge in [-0.1, -0.05) is 0 Å². The Morgan fingerprint density at radius 1 is 1.78 bits per heavy atom. The molecule has 0 amide bonds. The van der Waals surface area contributed by atoms with Crippen LogP contribution in [0.5, 0.6) is 0 Å². The van der Waals surface area contributed by atoms with Crippen LogP contribution in [0.25, 0.3) is 0 Å². The predicted molar refractivity (Wildman–Crippen MR) is 31.0 cm³/mol. The Bertz CT molecular complexity index is 121. The van der Waals surface area contributed by atoms with Crippen molar-refractivity contribution in [2.24, 2.45) is 0 Å². The Balaban J connectivity index is 2.12. The number of hydrogen-bond donors (Lipinski definition) is 0. The van der Waals surface area contributed by atoms with Crippen molar-refractivity contribution in [3.05, 3.63) is 0 Å². The number of carbonyl (C=O) groups excluding carboxylic acids is 1. The SMILES string of the molecule is COC(=O)C[C@@H]1O[C@H]1C. The molecule has 0 radical (unpaired) electrons. The molecule has 1 fully saturated rings. The molecular weight excluding hydrogens is 120 g/mol. The molecule has 0 bridgehead atoms. The van der Waals surface area contributed by atoms with Crippen LogP contribution in [0.15, 0.2) is 0 Å². The first-order valence-corrected chi connectivity index (χ1v) is 2.96. The van der Waals surface area contributed by atoms with Gasteiger partial charge >= 0.3 is 5.97 Å². The topological polar surface area (TPSA) is 38.8 Å². The molecule has 3 nitrogen and oxygen atoms in total. The molecule has 9 heavy (non-hydrogen) atoms. The largest absolute Gasteiger partial charge is 0.469 e. The zero-order chi connectivity index (χ0) is 6.85. The average molecular weight is 130 g/mol. The van der Waals surface area contributed by atoms with E-state index in [9.17, 15) is 4.79 Å². The van der Waals surface area contributed by atoms with Crippen molar-refractivity contribution in [2.45, 2.75) is 25.6 Å². The summed E-state index contributed by atoms with van der Waals surface area (Å²) in [7, 11) is 1.38. The monoisotopic (exact) mass is 130 g/mol. The molecule has 1 saturated heterocycles. The Morgan fingerprint density at radius 2 is 2.33 bits per heavy atom. The van der Waals surface area contributed by atoms with Crippen molar-refractivity contribution in [3.8, 4) is 0 Å². The molecular formula is C6H10O3. The van der Waals surface area contributed by atoms with E-state index in [2.05, 4.69) is 4.74 Å². The molecule has 1 heterocycles. The normalized spacial score (nSPS) is 31.8. The highest BCUT2D eigenvalue weighted by molar-refractivity contribution is 5.70. The molecule has 1 aliphatic rings. The van der Waals surface area contributed by atoms with Gasteiger partial charge in [-0.15, -0.1) is 0 Å². The van der Waals surface area contributed by atoms with Crippen molar-refractivity contribution in [2.75, 3.05) is 7.11 Å². The van der Waals surface area contributed by atoms with E-state index in [4.69, 9.17) is 4.74 Å². The molecule has 0 saturated carbocycles. The first-order valence-electron chi connectivity index (χ1n) is 2.96. The second kappa shape index (κ2) is 2.35. The van der Waals surface area contributed by atoms with Crippen LogP contribution in [0, 0.1) is 0 Å². The number of carbonyl (C=O) groups is 1. The van der Waals surface area contributed by atoms with E-state index >= 15 is 0 Å². The number of rotatable bonds is 2. The van der Waals surface area contributed by atoms with Gasteiger partial charge < -0.3 is 9.47 Å². The van der Waals surface area contributed by atoms with Crippen LogP contribution in [0.3, 0.4) is 0 Å². The van der Waals surface area contributed by atoms with Gasteiger partial charge in [-0.3, -0.25) is 4.79 Å². The van der Waals surface area contributed by atoms with Gasteiger partial charge in [0.25, 0.3) is 0 Å². The van der Waals surface area contributed by atoms with Gasteiger partial charge in [-0.05, 0) is 6.92 Å². The lowest BCUT2D eigenvalue weighted by atomic mass is 10.2. The summed E-state index contributed by atoms with van der Waals surface area (Å²) in [5.74, 6) is -0.190. The van der Waals surface area contributed by atoms with Crippen LogP contribution >= 0.6 is 0 Å². The van der Waals surface area contributed by atoms with Crippen LogP contribution in [0.1, 0.15) is 13.3 Å². The van der Waals surface area contributed by atoms with Crippen molar-refractivity contribution in [1.29, 1.82) is 0 Å². The summed E-state index contributed by atoms with van der Waals surface area (Å²) in [4.78, 5) is 10.5. The van der Waals surface area contributed by atoms with E-state index in [0.29, 0.717) is 6.42 Å². The van der Waals surface area contributed by atoms with E-state index in [1.807, 2.05) is 6.92 Å². The molecule has 0 aromatic rings. The van der Waals surface area contributed by atoms with Crippen molar-refractivity contribution >= 4 is 5.97 Å². The summed E-state index contributed by atoms with van der Waals surface area (Å²) in [6, 6.07) is 0. The maximum atomic E-state index is 10.5. The van der Waals surface area contributed by atoms with Crippen LogP contribution in [0.2, 0.25) is 0 Å². The van der Waals surface area contributed by atoms with Crippen LogP contribution in [-0.4, -0.2) is 25.3 Å². The van der Waals surface area contributed by atoms with Crippen LogP contribution < -0.4 is 0 Å². The fourth-order valence-corrected chi connectivity index (χ4v) is 0.692. The highest BCUT2D eigenvalue weighted by atomic mass is 16.6. The third-order valence-electron chi connectivity index (χ3n) is 1.43. The van der Waals surface area contributed by atoms with Crippen molar-refractivity contribution in [3.63, 3.8) is 0 Å². The maximum Gasteiger partial charge on any atom is 0.308 e. The van der Waals surface area contributed by atoms with Gasteiger partial charge in [-0.25, -0.2) is 0 Å². The van der Waals surface area contributed by atoms with Crippen LogP contribution in [-0.2, 0) is 14.3 Å². The minimum Gasteiger partial charge on any atom is -0.469 e. The van der Waals surface area contributed by atoms with E-state index in [-0.39, 0.29) is 18.2 Å². The van der Waals surface area contributed by atoms with Crippen LogP contribution in [0.4, 0.5) is 0 Å². The Hall–Kier alpha value is -0.570. The zero-order valence-corrected chi connectivity index (χ0v) is 5.59. The van der Waals surface area contributed by atoms with E-state index in [1.165, 1.54) is 7.11 Å². The number of esters is 1. The third-order valence-corrected chi connectivity index (χ3v) is 1.43. The number of methoxy groups -OCH3 is 1. The summed E-state index contributed by atoms with van der Waals surface area (Å²) in [6.45, 7) is 1.94. The van der Waals surface area contributed by atoms with E-state index in [0.717, 1.165) is 0 Å². The lowest BCUT2D eigenvalue weighted by Gasteiger charge is -1.91. The first-order chi connectivity index (χ1) is 4.24. The quantitative estimate of drug-likeness (QED) is 0.399. The maximum absolute atomic E-state index is 10.5. The minimum absolute atomic E-state index is 0.123. The molecule has 1 aliphatic heterocycles. The standard InChI is InChI=1S/C6H10O3/c1-4-5(9-4)3-6(7)8-2/h4-5H,3H2,1-2H3/t4-,5-/m0/s1. The molecule has 2 atom stereocenters. The smallest absolute Gasteiger partial charge is 0.308 e. The number of hydrogen-bond acceptors (Lipinski definition) is 3. The fraction of sp³-hybridized carbons (Fsp3) is 0.833. The van der Waals surface area contributed by atoms with Crippen molar-refractivity contribution < 1.29 is 14.3 Å². The van der Waals surface area contributed by atoms with Crippen molar-refractivity contribution in [1.82, 2.24) is 0 Å². The minimum atomic E-state index is -0.190. The second-order valence-corrected chi connectivity index (χ2v) is 2.16. The van der Waals surface area contributed by atoms with Gasteiger partial charge in [0, 0.05) is 0 Å². The van der Waals surface area contributed by atoms with E-state index in [1.54, 1.807) is 0 Å². The molecule has 0 N–H and O–H groups in total. The number of ether oxygens (including phenoxy) is 2. The predicted octanol–water partition coefficient (Wildman–Crippen LogP) is 0.337. The third kappa shape index (κ3) is 1.68. The Morgan fingerprint density at radius 3 is 2.67 bits per heavy atom. The van der Waals surface area contributed by atoms with E-state index < -0.39 is 0 Å². The molecule has 0 spiro atoms. The zero-order valence-electron chi connectivity index (χ0n) is 5.59. The fourth-order valence-electron chi connectivity index (χ4n) is 0.692. The van der Waals surface area contributed by atoms with Gasteiger partial charge in [-0.2, -0.15) is 0 Å². The summed E-state index contributed by atoms with van der Waals surface area (Å²) >= 11 is 0. The Labute approximate surface area is 53.9 Å². The second-order valence-electron chi connectivity index (χ2n) is 2.16. The molecule has 0 aromatic heterocycles. The highest BCUT2D eigenvalue weighted by Gasteiger charge is 2.36. The average Bonchev–Trinajstić information content (AvgIpc) is 2.47. The molecule has 3 heteroatoms. The summed E-state index contributed by atoms with van der Waals surface area (Å²) in [6.07, 6.45) is 0.777. The Kier molecular flexibility index (Phi) is 1.71. The summed E-state index contributed by atoms with van der Waals surface area (Å²) in [5.41, 5.74) is 0. The first kappa shape index (κ1) is 6.55. The van der Waals surface area contributed by atoms with Gasteiger partial charge in [0.1, 0.15) is 0 Å². The van der Waals surface area contributed by atoms with Gasteiger partial charge in [0.05, 0.1) is 25.7 Å². The van der Waals surface area contributed by atoms with Gasteiger partial charge in [0.15, 0.2) is 0 Å². The lowest BCUT2D eigenvalue weighted by Crippen LogP contribution is -2.04. The molecule has 1 rings (SSSR count).